The second-order valence-corrected chi connectivity index (χ2v) is 3.55. The molecule has 19 heavy (non-hydrogen) atoms. The van der Waals surface area contributed by atoms with Gasteiger partial charge < -0.3 is 14.6 Å². The van der Waals surface area contributed by atoms with E-state index in [4.69, 9.17) is 9.47 Å². The molecule has 0 saturated heterocycles. The molecule has 0 spiro atoms. The Morgan fingerprint density at radius 3 is 1.84 bits per heavy atom. The molecule has 6 nitrogen and oxygen atoms in total. The molecule has 0 aliphatic heterocycles. The fourth-order valence-electron chi connectivity index (χ4n) is 1.18. The van der Waals surface area contributed by atoms with Crippen LogP contribution in [0.2, 0.25) is 0 Å². The minimum atomic E-state index is -0.849. The Bertz CT molecular complexity index is 426. The van der Waals surface area contributed by atoms with Crippen LogP contribution in [0.5, 0.6) is 0 Å². The highest BCUT2D eigenvalue weighted by molar-refractivity contribution is 6.17. The molecule has 0 aromatic carbocycles. The van der Waals surface area contributed by atoms with Crippen molar-refractivity contribution in [1.82, 2.24) is 0 Å². The Hall–Kier alpha value is -2.11. The molecule has 0 aromatic rings. The van der Waals surface area contributed by atoms with Crippen LogP contribution >= 0.6 is 0 Å². The van der Waals surface area contributed by atoms with Crippen LogP contribution in [0.3, 0.4) is 0 Å². The van der Waals surface area contributed by atoms with Gasteiger partial charge in [0, 0.05) is 0 Å². The summed E-state index contributed by atoms with van der Waals surface area (Å²) < 4.78 is 9.42. The third-order valence-corrected chi connectivity index (χ3v) is 2.05. The van der Waals surface area contributed by atoms with Crippen LogP contribution in [0.25, 0.3) is 0 Å². The molecular formula is C13H18O6. The van der Waals surface area contributed by atoms with E-state index in [2.05, 4.69) is 0 Å². The molecule has 0 heterocycles. The zero-order valence-corrected chi connectivity index (χ0v) is 11.5. The summed E-state index contributed by atoms with van der Waals surface area (Å²) in [6.07, 6.45) is 0.980. The number of hydrogen-bond acceptors (Lipinski definition) is 6. The van der Waals surface area contributed by atoms with Gasteiger partial charge in [-0.3, -0.25) is 4.79 Å². The van der Waals surface area contributed by atoms with Gasteiger partial charge in [-0.05, 0) is 33.8 Å². The number of rotatable bonds is 6. The van der Waals surface area contributed by atoms with E-state index < -0.39 is 17.7 Å². The lowest BCUT2D eigenvalue weighted by atomic mass is 10.1. The standard InChI is InChI=1S/C13H18O6/c1-5-18-12(16)10(8(3)14)7-11(9(4)15)13(17)19-6-2/h7,14H,5-6H2,1-4H3. The molecule has 0 saturated carbocycles. The molecule has 0 bridgehead atoms. The maximum absolute atomic E-state index is 11.6. The monoisotopic (exact) mass is 270 g/mol. The van der Waals surface area contributed by atoms with Gasteiger partial charge in [-0.25, -0.2) is 9.59 Å². The third-order valence-electron chi connectivity index (χ3n) is 2.05. The lowest BCUT2D eigenvalue weighted by Crippen LogP contribution is -2.16. The van der Waals surface area contributed by atoms with Gasteiger partial charge in [0.2, 0.25) is 0 Å². The molecule has 106 valence electrons. The number of aliphatic hydroxyl groups is 1. The largest absolute Gasteiger partial charge is 0.512 e. The second kappa shape index (κ2) is 8.07. The maximum Gasteiger partial charge on any atom is 0.341 e. The number of esters is 2. The molecule has 0 atom stereocenters. The molecule has 0 aliphatic rings. The number of aliphatic hydroxyl groups excluding tert-OH is 1. The van der Waals surface area contributed by atoms with Crippen LogP contribution in [0, 0.1) is 0 Å². The lowest BCUT2D eigenvalue weighted by molar-refractivity contribution is -0.139. The summed E-state index contributed by atoms with van der Waals surface area (Å²) in [6.45, 7) is 5.82. The fraction of sp³-hybridized carbons (Fsp3) is 0.462. The number of Topliss-reactive ketones (excluding diaryl/α,β-unsaturated/α-hetero) is 1. The Balaban J connectivity index is 5.51. The van der Waals surface area contributed by atoms with Gasteiger partial charge in [0.25, 0.3) is 0 Å². The average molecular weight is 270 g/mol. The van der Waals surface area contributed by atoms with E-state index in [1.54, 1.807) is 13.8 Å². The number of carbonyl (C=O) groups is 3. The van der Waals surface area contributed by atoms with E-state index in [1.165, 1.54) is 6.92 Å². The molecule has 0 radical (unpaired) electrons. The first-order valence-corrected chi connectivity index (χ1v) is 5.81. The van der Waals surface area contributed by atoms with Crippen molar-refractivity contribution < 1.29 is 29.0 Å². The average Bonchev–Trinajstić information content (AvgIpc) is 2.29. The van der Waals surface area contributed by atoms with Crippen molar-refractivity contribution in [2.75, 3.05) is 13.2 Å². The summed E-state index contributed by atoms with van der Waals surface area (Å²) in [4.78, 5) is 34.5. The topological polar surface area (TPSA) is 89.9 Å². The van der Waals surface area contributed by atoms with E-state index in [1.807, 2.05) is 0 Å². The molecule has 0 fully saturated rings. The summed E-state index contributed by atoms with van der Waals surface area (Å²) >= 11 is 0. The molecule has 0 aliphatic carbocycles. The van der Waals surface area contributed by atoms with Crippen molar-refractivity contribution in [2.45, 2.75) is 27.7 Å². The van der Waals surface area contributed by atoms with Crippen molar-refractivity contribution in [2.24, 2.45) is 0 Å². The molecule has 0 unspecified atom stereocenters. The Morgan fingerprint density at radius 1 is 1.00 bits per heavy atom. The van der Waals surface area contributed by atoms with Crippen LogP contribution in [-0.4, -0.2) is 36.0 Å². The van der Waals surface area contributed by atoms with Crippen LogP contribution in [0.1, 0.15) is 27.7 Å². The van der Waals surface area contributed by atoms with E-state index in [0.29, 0.717) is 0 Å². The number of ketones is 1. The van der Waals surface area contributed by atoms with Crippen molar-refractivity contribution in [3.8, 4) is 0 Å². The SMILES string of the molecule is CCOC(=O)C(=CC(C(=O)OCC)=C(C)O)C(C)=O. The van der Waals surface area contributed by atoms with E-state index >= 15 is 0 Å². The lowest BCUT2D eigenvalue weighted by Gasteiger charge is -2.07. The van der Waals surface area contributed by atoms with Crippen LogP contribution < -0.4 is 0 Å². The van der Waals surface area contributed by atoms with Gasteiger partial charge in [0.15, 0.2) is 5.78 Å². The van der Waals surface area contributed by atoms with Crippen molar-refractivity contribution >= 4 is 17.7 Å². The summed E-state index contributed by atoms with van der Waals surface area (Å²) in [6, 6.07) is 0. The molecule has 0 rings (SSSR count). The highest BCUT2D eigenvalue weighted by Crippen LogP contribution is 2.11. The fourth-order valence-corrected chi connectivity index (χ4v) is 1.18. The van der Waals surface area contributed by atoms with Gasteiger partial charge in [0.05, 0.1) is 18.8 Å². The quantitative estimate of drug-likeness (QED) is 0.196. The number of allylic oxidation sites excluding steroid dienone is 1. The minimum absolute atomic E-state index is 0.0972. The van der Waals surface area contributed by atoms with Crippen LogP contribution in [0.15, 0.2) is 23.0 Å². The van der Waals surface area contributed by atoms with Gasteiger partial charge in [0.1, 0.15) is 11.3 Å². The van der Waals surface area contributed by atoms with Gasteiger partial charge in [-0.2, -0.15) is 0 Å². The first-order chi connectivity index (χ1) is 8.84. The highest BCUT2D eigenvalue weighted by Gasteiger charge is 2.20. The molecule has 0 amide bonds. The van der Waals surface area contributed by atoms with Crippen molar-refractivity contribution in [3.63, 3.8) is 0 Å². The predicted octanol–water partition coefficient (Wildman–Crippen LogP) is 1.46. The Labute approximate surface area is 111 Å². The summed E-state index contributed by atoms with van der Waals surface area (Å²) in [5.41, 5.74) is -0.571. The molecule has 1 N–H and O–H groups in total. The number of ether oxygens (including phenoxy) is 2. The van der Waals surface area contributed by atoms with Gasteiger partial charge in [-0.15, -0.1) is 0 Å². The molecular weight excluding hydrogens is 252 g/mol. The van der Waals surface area contributed by atoms with E-state index in [9.17, 15) is 19.5 Å². The Morgan fingerprint density at radius 2 is 1.47 bits per heavy atom. The number of hydrogen-bond donors (Lipinski definition) is 1. The first-order valence-electron chi connectivity index (χ1n) is 5.81. The van der Waals surface area contributed by atoms with E-state index in [-0.39, 0.29) is 30.1 Å². The van der Waals surface area contributed by atoms with Gasteiger partial charge >= 0.3 is 11.9 Å². The maximum atomic E-state index is 11.6. The zero-order valence-electron chi connectivity index (χ0n) is 11.5. The van der Waals surface area contributed by atoms with Crippen LogP contribution in [0.4, 0.5) is 0 Å². The van der Waals surface area contributed by atoms with Crippen LogP contribution in [-0.2, 0) is 23.9 Å². The number of carbonyl (C=O) groups excluding carboxylic acids is 3. The summed E-state index contributed by atoms with van der Waals surface area (Å²) in [7, 11) is 0. The van der Waals surface area contributed by atoms with Crippen molar-refractivity contribution in [1.29, 1.82) is 0 Å². The summed E-state index contributed by atoms with van der Waals surface area (Å²) in [5.74, 6) is -2.58. The highest BCUT2D eigenvalue weighted by atomic mass is 16.5. The third kappa shape index (κ3) is 5.37. The summed E-state index contributed by atoms with van der Waals surface area (Å²) in [5, 5.41) is 9.42. The smallest absolute Gasteiger partial charge is 0.341 e. The van der Waals surface area contributed by atoms with E-state index in [0.717, 1.165) is 13.0 Å². The zero-order chi connectivity index (χ0) is 15.0. The molecule has 6 heteroatoms. The second-order valence-electron chi connectivity index (χ2n) is 3.55. The van der Waals surface area contributed by atoms with Crippen molar-refractivity contribution in [3.05, 3.63) is 23.0 Å². The van der Waals surface area contributed by atoms with Gasteiger partial charge in [-0.1, -0.05) is 0 Å². The first kappa shape index (κ1) is 16.9. The molecule has 0 aromatic heterocycles. The minimum Gasteiger partial charge on any atom is -0.512 e. The Kier molecular flexibility index (Phi) is 7.18. The normalized spacial score (nSPS) is 12.5. The predicted molar refractivity (Wildman–Crippen MR) is 67.4 cm³/mol.